The Morgan fingerprint density at radius 1 is 0.868 bits per heavy atom. The van der Waals surface area contributed by atoms with Crippen molar-refractivity contribution in [1.82, 2.24) is 4.90 Å². The van der Waals surface area contributed by atoms with Crippen LogP contribution in [0.1, 0.15) is 45.5 Å². The number of nitrogens with one attached hydrogen (secondary N) is 1. The summed E-state index contributed by atoms with van der Waals surface area (Å²) in [6.07, 6.45) is 1.09. The highest BCUT2D eigenvalue weighted by Crippen LogP contribution is 2.29. The number of hydrogen-bond donors (Lipinski definition) is 1. The van der Waals surface area contributed by atoms with Crippen molar-refractivity contribution >= 4 is 41.0 Å². The summed E-state index contributed by atoms with van der Waals surface area (Å²) in [5, 5.41) is 2.77. The van der Waals surface area contributed by atoms with Crippen molar-refractivity contribution in [1.29, 1.82) is 0 Å². The van der Waals surface area contributed by atoms with Crippen LogP contribution >= 0.6 is 0 Å². The van der Waals surface area contributed by atoms with Crippen LogP contribution < -0.4 is 10.2 Å². The first-order valence-corrected chi connectivity index (χ1v) is 12.5. The van der Waals surface area contributed by atoms with Crippen LogP contribution in [0.4, 0.5) is 11.4 Å². The molecule has 2 aromatic carbocycles. The topological polar surface area (TPSA) is 122 Å². The number of piperidine rings is 1. The molecule has 1 unspecified atom stereocenters. The molecule has 0 bridgehead atoms. The fourth-order valence-electron chi connectivity index (χ4n) is 4.88. The normalized spacial score (nSPS) is 17.8. The number of benzene rings is 2. The molecule has 0 spiro atoms. The number of anilines is 2. The Balaban J connectivity index is 1.35. The van der Waals surface area contributed by atoms with Crippen molar-refractivity contribution in [2.24, 2.45) is 11.8 Å². The van der Waals surface area contributed by atoms with E-state index in [0.717, 1.165) is 11.3 Å². The molecule has 3 amide bonds. The molecule has 0 aromatic heterocycles. The molecule has 2 heterocycles. The van der Waals surface area contributed by atoms with Gasteiger partial charge < -0.3 is 24.6 Å². The summed E-state index contributed by atoms with van der Waals surface area (Å²) in [7, 11) is 2.45. The summed E-state index contributed by atoms with van der Waals surface area (Å²) in [5.74, 6) is -2.46. The molecule has 200 valence electrons. The molecule has 1 atom stereocenters. The maximum atomic E-state index is 13.2. The molecule has 38 heavy (non-hydrogen) atoms. The lowest BCUT2D eigenvalue weighted by Crippen LogP contribution is -2.44. The first-order chi connectivity index (χ1) is 18.2. The third kappa shape index (κ3) is 5.85. The second kappa shape index (κ2) is 11.5. The number of aryl methyl sites for hydroxylation is 1. The number of rotatable bonds is 6. The lowest BCUT2D eigenvalue weighted by atomic mass is 9.94. The molecule has 0 radical (unpaired) electrons. The molecule has 4 rings (SSSR count). The maximum absolute atomic E-state index is 13.2. The number of nitrogens with zero attached hydrogens (tertiary/aromatic N) is 2. The van der Waals surface area contributed by atoms with Crippen LogP contribution in [0.3, 0.4) is 0 Å². The van der Waals surface area contributed by atoms with Gasteiger partial charge in [0.1, 0.15) is 0 Å². The van der Waals surface area contributed by atoms with E-state index >= 15 is 0 Å². The van der Waals surface area contributed by atoms with Crippen LogP contribution in [0, 0.1) is 18.8 Å². The molecule has 0 aliphatic carbocycles. The van der Waals surface area contributed by atoms with Crippen molar-refractivity contribution in [2.75, 3.05) is 44.1 Å². The standard InChI is InChI=1S/C28H31N3O7/c1-17-4-6-23(7-5-17)31-16-21(15-24(31)32)26(34)30-10-8-18(9-11-30)25(33)29-22-13-19(27(35)37-2)12-20(14-22)28(36)38-3/h4-7,12-14,18,21H,8-11,15-16H2,1-3H3,(H,29,33). The molecule has 2 saturated heterocycles. The molecule has 0 saturated carbocycles. The number of carbonyl (C=O) groups is 5. The Bertz CT molecular complexity index is 1220. The van der Waals surface area contributed by atoms with Crippen molar-refractivity contribution in [2.45, 2.75) is 26.2 Å². The minimum atomic E-state index is -0.649. The number of ether oxygens (including phenoxy) is 2. The third-order valence-corrected chi connectivity index (χ3v) is 7.04. The monoisotopic (exact) mass is 521 g/mol. The van der Waals surface area contributed by atoms with E-state index in [4.69, 9.17) is 9.47 Å². The average molecular weight is 522 g/mol. The van der Waals surface area contributed by atoms with Gasteiger partial charge in [0.25, 0.3) is 0 Å². The van der Waals surface area contributed by atoms with Crippen molar-refractivity contribution in [3.8, 4) is 0 Å². The van der Waals surface area contributed by atoms with Crippen molar-refractivity contribution < 1.29 is 33.4 Å². The highest BCUT2D eigenvalue weighted by Gasteiger charge is 2.38. The number of likely N-dealkylation sites (tertiary alicyclic amines) is 1. The zero-order valence-electron chi connectivity index (χ0n) is 21.7. The molecular formula is C28H31N3O7. The van der Waals surface area contributed by atoms with E-state index in [0.29, 0.717) is 32.5 Å². The summed E-state index contributed by atoms with van der Waals surface area (Å²) < 4.78 is 9.47. The van der Waals surface area contributed by atoms with E-state index in [-0.39, 0.29) is 46.9 Å². The van der Waals surface area contributed by atoms with Crippen LogP contribution in [0.5, 0.6) is 0 Å². The molecule has 2 aliphatic heterocycles. The first-order valence-electron chi connectivity index (χ1n) is 12.5. The number of carbonyl (C=O) groups excluding carboxylic acids is 5. The van der Waals surface area contributed by atoms with Crippen LogP contribution in [0.2, 0.25) is 0 Å². The van der Waals surface area contributed by atoms with E-state index in [1.54, 1.807) is 9.80 Å². The lowest BCUT2D eigenvalue weighted by Gasteiger charge is -2.33. The number of amides is 3. The molecular weight excluding hydrogens is 490 g/mol. The third-order valence-electron chi connectivity index (χ3n) is 7.04. The van der Waals surface area contributed by atoms with Crippen LogP contribution in [-0.2, 0) is 23.9 Å². The zero-order valence-corrected chi connectivity index (χ0v) is 21.7. The summed E-state index contributed by atoms with van der Waals surface area (Å²) in [5.41, 5.74) is 2.38. The molecule has 10 nitrogen and oxygen atoms in total. The van der Waals surface area contributed by atoms with Crippen LogP contribution in [0.15, 0.2) is 42.5 Å². The summed E-state index contributed by atoms with van der Waals surface area (Å²) in [4.78, 5) is 66.1. The molecule has 2 aromatic rings. The minimum Gasteiger partial charge on any atom is -0.465 e. The van der Waals surface area contributed by atoms with Gasteiger partial charge in [0, 0.05) is 43.3 Å². The Labute approximate surface area is 220 Å². The smallest absolute Gasteiger partial charge is 0.337 e. The Morgan fingerprint density at radius 2 is 1.45 bits per heavy atom. The zero-order chi connectivity index (χ0) is 27.4. The van der Waals surface area contributed by atoms with Gasteiger partial charge in [-0.05, 0) is 50.1 Å². The lowest BCUT2D eigenvalue weighted by molar-refractivity contribution is -0.138. The maximum Gasteiger partial charge on any atom is 0.337 e. The summed E-state index contributed by atoms with van der Waals surface area (Å²) >= 11 is 0. The van der Waals surface area contributed by atoms with Gasteiger partial charge in [-0.15, -0.1) is 0 Å². The van der Waals surface area contributed by atoms with Crippen LogP contribution in [-0.4, -0.2) is 68.4 Å². The Morgan fingerprint density at radius 3 is 2.00 bits per heavy atom. The van der Waals surface area contributed by atoms with E-state index < -0.39 is 17.9 Å². The molecule has 2 fully saturated rings. The number of hydrogen-bond acceptors (Lipinski definition) is 7. The van der Waals surface area contributed by atoms with Gasteiger partial charge in [-0.3, -0.25) is 14.4 Å². The van der Waals surface area contributed by atoms with Gasteiger partial charge >= 0.3 is 11.9 Å². The predicted octanol–water partition coefficient (Wildman–Crippen LogP) is 2.80. The minimum absolute atomic E-state index is 0.0676. The second-order valence-corrected chi connectivity index (χ2v) is 9.61. The second-order valence-electron chi connectivity index (χ2n) is 9.61. The van der Waals surface area contributed by atoms with E-state index in [1.807, 2.05) is 31.2 Å². The molecule has 2 aliphatic rings. The van der Waals surface area contributed by atoms with Gasteiger partial charge in [-0.1, -0.05) is 17.7 Å². The summed E-state index contributed by atoms with van der Waals surface area (Å²) in [6, 6.07) is 11.9. The highest BCUT2D eigenvalue weighted by molar-refractivity contribution is 6.01. The highest BCUT2D eigenvalue weighted by atomic mass is 16.5. The van der Waals surface area contributed by atoms with Crippen LogP contribution in [0.25, 0.3) is 0 Å². The molecule has 1 N–H and O–H groups in total. The number of methoxy groups -OCH3 is 2. The Kier molecular flexibility index (Phi) is 8.09. The fraction of sp³-hybridized carbons (Fsp3) is 0.393. The largest absolute Gasteiger partial charge is 0.465 e. The summed E-state index contributed by atoms with van der Waals surface area (Å²) in [6.45, 7) is 3.13. The van der Waals surface area contributed by atoms with Gasteiger partial charge in [0.05, 0.1) is 31.3 Å². The van der Waals surface area contributed by atoms with Gasteiger partial charge in [-0.2, -0.15) is 0 Å². The van der Waals surface area contributed by atoms with E-state index in [9.17, 15) is 24.0 Å². The SMILES string of the molecule is COC(=O)c1cc(NC(=O)C2CCN(C(=O)C3CC(=O)N(c4ccc(C)cc4)C3)CC2)cc(C(=O)OC)c1. The van der Waals surface area contributed by atoms with E-state index in [2.05, 4.69) is 5.32 Å². The number of esters is 2. The van der Waals surface area contributed by atoms with Gasteiger partial charge in [0.2, 0.25) is 17.7 Å². The quantitative estimate of drug-likeness (QED) is 0.580. The van der Waals surface area contributed by atoms with Crippen molar-refractivity contribution in [3.05, 3.63) is 59.2 Å². The molecule has 10 heteroatoms. The predicted molar refractivity (Wildman–Crippen MR) is 139 cm³/mol. The first kappa shape index (κ1) is 26.8. The van der Waals surface area contributed by atoms with Gasteiger partial charge in [-0.25, -0.2) is 9.59 Å². The Hall–Kier alpha value is -4.21. The van der Waals surface area contributed by atoms with Gasteiger partial charge in [0.15, 0.2) is 0 Å². The van der Waals surface area contributed by atoms with Crippen molar-refractivity contribution in [3.63, 3.8) is 0 Å². The average Bonchev–Trinajstić information content (AvgIpc) is 3.33. The van der Waals surface area contributed by atoms with E-state index in [1.165, 1.54) is 32.4 Å². The fourth-order valence-corrected chi connectivity index (χ4v) is 4.88.